The molecule has 8 heteroatoms. The van der Waals surface area contributed by atoms with Gasteiger partial charge in [0.15, 0.2) is 5.82 Å². The molecule has 0 saturated carbocycles. The van der Waals surface area contributed by atoms with E-state index in [2.05, 4.69) is 44.7 Å². The van der Waals surface area contributed by atoms with Crippen molar-refractivity contribution in [2.24, 2.45) is 0 Å². The molecule has 0 amide bonds. The van der Waals surface area contributed by atoms with Crippen molar-refractivity contribution < 1.29 is 0 Å². The molecule has 3 heterocycles. The Kier molecular flexibility index (Phi) is 3.66. The topological polar surface area (TPSA) is 81.4 Å². The highest BCUT2D eigenvalue weighted by molar-refractivity contribution is 7.18. The van der Waals surface area contributed by atoms with Crippen molar-refractivity contribution in [1.29, 1.82) is 0 Å². The number of nitrogens with zero attached hydrogens (tertiary/aromatic N) is 6. The Hall–Kier alpha value is -2.87. The summed E-state index contributed by atoms with van der Waals surface area (Å²) in [6.07, 6.45) is 1.58. The van der Waals surface area contributed by atoms with Gasteiger partial charge in [0.05, 0.1) is 17.6 Å². The lowest BCUT2D eigenvalue weighted by Gasteiger charge is -2.08. The number of hydrogen-bond acceptors (Lipinski definition) is 7. The lowest BCUT2D eigenvalue weighted by molar-refractivity contribution is 0.768. The molecule has 1 aromatic carbocycles. The maximum absolute atomic E-state index is 4.39. The minimum Gasteiger partial charge on any atom is -0.362 e. The number of anilines is 1. The number of fused-ring (bicyclic) bond motifs is 1. The molecule has 0 aliphatic rings. The summed E-state index contributed by atoms with van der Waals surface area (Å²) in [6.45, 7) is 4.67. The summed E-state index contributed by atoms with van der Waals surface area (Å²) in [7, 11) is 0. The molecule has 0 bridgehead atoms. The van der Waals surface area contributed by atoms with Gasteiger partial charge in [-0.2, -0.15) is 4.68 Å². The van der Waals surface area contributed by atoms with E-state index >= 15 is 0 Å². The van der Waals surface area contributed by atoms with Gasteiger partial charge in [-0.3, -0.25) is 0 Å². The zero-order valence-electron chi connectivity index (χ0n) is 13.3. The van der Waals surface area contributed by atoms with Crippen LogP contribution in [0.3, 0.4) is 0 Å². The van der Waals surface area contributed by atoms with Gasteiger partial charge in [0.25, 0.3) is 0 Å². The number of aryl methyl sites for hydroxylation is 2. The molecule has 1 N–H and O–H groups in total. The Balaban J connectivity index is 1.64. The number of rotatable bonds is 4. The smallest absolute Gasteiger partial charge is 0.175 e. The molecule has 0 aliphatic carbocycles. The second-order valence-corrected chi connectivity index (χ2v) is 6.58. The third kappa shape index (κ3) is 2.50. The van der Waals surface area contributed by atoms with E-state index in [0.29, 0.717) is 6.54 Å². The van der Waals surface area contributed by atoms with Crippen molar-refractivity contribution in [3.05, 3.63) is 52.9 Å². The highest BCUT2D eigenvalue weighted by atomic mass is 32.1. The first-order valence-electron chi connectivity index (χ1n) is 7.51. The molecular weight excluding hydrogens is 322 g/mol. The standard InChI is InChI=1S/C16H15N7S/c1-10-11(2)24-16-14(10)15(18-9-19-16)17-8-13-20-21-22-23(13)12-6-4-3-5-7-12/h3-7,9H,8H2,1-2H3,(H,17,18,19). The number of tetrazole rings is 1. The molecule has 0 radical (unpaired) electrons. The third-order valence-corrected chi connectivity index (χ3v) is 5.03. The van der Waals surface area contributed by atoms with E-state index < -0.39 is 0 Å². The van der Waals surface area contributed by atoms with Crippen LogP contribution >= 0.6 is 11.3 Å². The van der Waals surface area contributed by atoms with E-state index in [0.717, 1.165) is 27.5 Å². The normalized spacial score (nSPS) is 11.1. The zero-order chi connectivity index (χ0) is 16.5. The zero-order valence-corrected chi connectivity index (χ0v) is 14.1. The molecule has 120 valence electrons. The monoisotopic (exact) mass is 337 g/mol. The first-order chi connectivity index (χ1) is 11.7. The highest BCUT2D eigenvalue weighted by Crippen LogP contribution is 2.32. The highest BCUT2D eigenvalue weighted by Gasteiger charge is 2.13. The van der Waals surface area contributed by atoms with Gasteiger partial charge in [0.1, 0.15) is 17.0 Å². The number of benzene rings is 1. The average Bonchev–Trinajstić information content (AvgIpc) is 3.19. The number of thiophene rings is 1. The Bertz CT molecular complexity index is 990. The summed E-state index contributed by atoms with van der Waals surface area (Å²) < 4.78 is 1.72. The maximum Gasteiger partial charge on any atom is 0.175 e. The fraction of sp³-hybridized carbons (Fsp3) is 0.188. The van der Waals surface area contributed by atoms with Gasteiger partial charge in [-0.1, -0.05) is 18.2 Å². The van der Waals surface area contributed by atoms with Crippen LogP contribution in [0.2, 0.25) is 0 Å². The summed E-state index contributed by atoms with van der Waals surface area (Å²) in [5.41, 5.74) is 2.13. The van der Waals surface area contributed by atoms with Crippen molar-refractivity contribution in [1.82, 2.24) is 30.2 Å². The molecule has 4 aromatic rings. The van der Waals surface area contributed by atoms with E-state index in [4.69, 9.17) is 0 Å². The second-order valence-electron chi connectivity index (χ2n) is 5.38. The van der Waals surface area contributed by atoms with Crippen LogP contribution in [0.1, 0.15) is 16.3 Å². The van der Waals surface area contributed by atoms with E-state index in [1.54, 1.807) is 22.3 Å². The summed E-state index contributed by atoms with van der Waals surface area (Å²) in [4.78, 5) is 11.0. The van der Waals surface area contributed by atoms with E-state index in [-0.39, 0.29) is 0 Å². The predicted octanol–water partition coefficient (Wildman–Crippen LogP) is 2.90. The van der Waals surface area contributed by atoms with Gasteiger partial charge in [-0.25, -0.2) is 9.97 Å². The molecule has 0 fully saturated rings. The average molecular weight is 337 g/mol. The van der Waals surface area contributed by atoms with Gasteiger partial charge < -0.3 is 5.32 Å². The van der Waals surface area contributed by atoms with Crippen molar-refractivity contribution >= 4 is 27.4 Å². The Morgan fingerprint density at radius 3 is 2.79 bits per heavy atom. The first kappa shape index (κ1) is 14.7. The molecule has 24 heavy (non-hydrogen) atoms. The molecule has 3 aromatic heterocycles. The summed E-state index contributed by atoms with van der Waals surface area (Å²) in [5.74, 6) is 1.53. The van der Waals surface area contributed by atoms with E-state index in [1.807, 2.05) is 30.3 Å². The van der Waals surface area contributed by atoms with Crippen LogP contribution in [0, 0.1) is 13.8 Å². The molecule has 0 spiro atoms. The van der Waals surface area contributed by atoms with Gasteiger partial charge in [0, 0.05) is 4.88 Å². The van der Waals surface area contributed by atoms with Crippen LogP contribution in [0.15, 0.2) is 36.7 Å². The Labute approximate surface area is 142 Å². The number of hydrogen-bond donors (Lipinski definition) is 1. The molecule has 4 rings (SSSR count). The van der Waals surface area contributed by atoms with Gasteiger partial charge in [-0.15, -0.1) is 16.4 Å². The van der Waals surface area contributed by atoms with Crippen LogP contribution in [-0.4, -0.2) is 30.2 Å². The minimum atomic E-state index is 0.475. The minimum absolute atomic E-state index is 0.475. The van der Waals surface area contributed by atoms with Gasteiger partial charge in [-0.05, 0) is 42.0 Å². The number of para-hydroxylation sites is 1. The van der Waals surface area contributed by atoms with Crippen LogP contribution in [-0.2, 0) is 6.54 Å². The number of aromatic nitrogens is 6. The lowest BCUT2D eigenvalue weighted by Crippen LogP contribution is -2.09. The van der Waals surface area contributed by atoms with Crippen LogP contribution in [0.5, 0.6) is 0 Å². The van der Waals surface area contributed by atoms with Gasteiger partial charge in [0.2, 0.25) is 0 Å². The van der Waals surface area contributed by atoms with Crippen LogP contribution in [0.4, 0.5) is 5.82 Å². The Morgan fingerprint density at radius 1 is 1.12 bits per heavy atom. The summed E-state index contributed by atoms with van der Waals surface area (Å²) >= 11 is 1.68. The maximum atomic E-state index is 4.39. The molecule has 0 aliphatic heterocycles. The van der Waals surface area contributed by atoms with Gasteiger partial charge >= 0.3 is 0 Å². The third-order valence-electron chi connectivity index (χ3n) is 3.91. The fourth-order valence-corrected chi connectivity index (χ4v) is 3.56. The quantitative estimate of drug-likeness (QED) is 0.617. The van der Waals surface area contributed by atoms with Crippen molar-refractivity contribution in [3.8, 4) is 5.69 Å². The summed E-state index contributed by atoms with van der Waals surface area (Å²) in [5, 5.41) is 16.4. The fourth-order valence-electron chi connectivity index (χ4n) is 2.56. The van der Waals surface area contributed by atoms with E-state index in [9.17, 15) is 0 Å². The first-order valence-corrected chi connectivity index (χ1v) is 8.33. The van der Waals surface area contributed by atoms with Crippen molar-refractivity contribution in [2.45, 2.75) is 20.4 Å². The molecule has 0 saturated heterocycles. The number of nitrogens with one attached hydrogen (secondary N) is 1. The molecule has 0 atom stereocenters. The van der Waals surface area contributed by atoms with Crippen molar-refractivity contribution in [2.75, 3.05) is 5.32 Å². The Morgan fingerprint density at radius 2 is 1.96 bits per heavy atom. The second kappa shape index (κ2) is 5.97. The lowest BCUT2D eigenvalue weighted by atomic mass is 10.2. The summed E-state index contributed by atoms with van der Waals surface area (Å²) in [6, 6.07) is 9.81. The largest absolute Gasteiger partial charge is 0.362 e. The molecule has 7 nitrogen and oxygen atoms in total. The van der Waals surface area contributed by atoms with E-state index in [1.165, 1.54) is 10.4 Å². The van der Waals surface area contributed by atoms with Crippen molar-refractivity contribution in [3.63, 3.8) is 0 Å². The molecule has 0 unspecified atom stereocenters. The predicted molar refractivity (Wildman–Crippen MR) is 93.4 cm³/mol. The van der Waals surface area contributed by atoms with Crippen LogP contribution in [0.25, 0.3) is 15.9 Å². The molecular formula is C16H15N7S. The SMILES string of the molecule is Cc1sc2ncnc(NCc3nnnn3-c3ccccc3)c2c1C. The van der Waals surface area contributed by atoms with Crippen LogP contribution < -0.4 is 5.32 Å².